The van der Waals surface area contributed by atoms with E-state index >= 15 is 0 Å². The molecule has 0 radical (unpaired) electrons. The molecule has 158 valence electrons. The van der Waals surface area contributed by atoms with Crippen LogP contribution in [0.1, 0.15) is 17.4 Å². The van der Waals surface area contributed by atoms with E-state index < -0.39 is 0 Å². The lowest BCUT2D eigenvalue weighted by Gasteiger charge is -2.18. The Hall–Kier alpha value is -3.48. The zero-order valence-corrected chi connectivity index (χ0v) is 18.7. The number of anilines is 1. The summed E-state index contributed by atoms with van der Waals surface area (Å²) in [6.45, 7) is 2.51. The second-order valence-corrected chi connectivity index (χ2v) is 8.48. The Bertz CT molecular complexity index is 1360. The van der Waals surface area contributed by atoms with Crippen LogP contribution < -0.4 is 9.64 Å². The van der Waals surface area contributed by atoms with Gasteiger partial charge in [0.25, 0.3) is 5.91 Å². The lowest BCUT2D eigenvalue weighted by atomic mass is 10.2. The molecule has 0 aliphatic carbocycles. The number of nitrogens with zero attached hydrogens (tertiary/aromatic N) is 3. The number of carbonyl (C=O) groups excluding carboxylic acids is 1. The molecule has 1 aliphatic rings. The molecule has 0 bridgehead atoms. The fraction of sp³-hybridized carbons (Fsp3) is 0.0800. The van der Waals surface area contributed by atoms with Crippen molar-refractivity contribution in [3.05, 3.63) is 94.2 Å². The van der Waals surface area contributed by atoms with Gasteiger partial charge in [0, 0.05) is 22.5 Å². The molecule has 5 rings (SSSR count). The van der Waals surface area contributed by atoms with E-state index in [4.69, 9.17) is 21.3 Å². The summed E-state index contributed by atoms with van der Waals surface area (Å²) in [7, 11) is 0. The SMILES string of the molecule is CCOc1ccc(N2C(=O)/C(=C\c3ccncc3)N=C2c2sc3ccccc3c2Cl)cc1. The fourth-order valence-corrected chi connectivity index (χ4v) is 5.04. The molecule has 3 heterocycles. The molecule has 1 amide bonds. The molecule has 0 unspecified atom stereocenters. The van der Waals surface area contributed by atoms with Crippen molar-refractivity contribution < 1.29 is 9.53 Å². The number of hydrogen-bond acceptors (Lipinski definition) is 5. The van der Waals surface area contributed by atoms with Gasteiger partial charge in [0.1, 0.15) is 11.4 Å². The Morgan fingerprint density at radius 3 is 2.53 bits per heavy atom. The first kappa shape index (κ1) is 20.4. The maximum absolute atomic E-state index is 13.5. The summed E-state index contributed by atoms with van der Waals surface area (Å²) in [5.74, 6) is 1.05. The molecule has 0 saturated heterocycles. The Morgan fingerprint density at radius 1 is 1.06 bits per heavy atom. The van der Waals surface area contributed by atoms with E-state index in [9.17, 15) is 4.79 Å². The number of ether oxygens (including phenoxy) is 1. The minimum Gasteiger partial charge on any atom is -0.494 e. The van der Waals surface area contributed by atoms with Gasteiger partial charge < -0.3 is 4.74 Å². The highest BCUT2D eigenvalue weighted by Crippen LogP contribution is 2.39. The van der Waals surface area contributed by atoms with Crippen molar-refractivity contribution >= 4 is 56.5 Å². The minimum absolute atomic E-state index is 0.213. The standard InChI is InChI=1S/C25H18ClN3O2S/c1-2-31-18-9-7-17(8-10-18)29-24(23-22(26)19-5-3-4-6-21(19)32-23)28-20(25(29)30)15-16-11-13-27-14-12-16/h3-15H,2H2,1H3/b20-15+. The minimum atomic E-state index is -0.213. The third kappa shape index (κ3) is 3.68. The molecular weight excluding hydrogens is 442 g/mol. The van der Waals surface area contributed by atoms with Crippen LogP contribution in [0.25, 0.3) is 16.2 Å². The number of amides is 1. The van der Waals surface area contributed by atoms with Gasteiger partial charge in [-0.1, -0.05) is 29.8 Å². The fourth-order valence-electron chi connectivity index (χ4n) is 3.54. The Balaban J connectivity index is 1.65. The molecule has 0 fully saturated rings. The summed E-state index contributed by atoms with van der Waals surface area (Å²) in [5, 5.41) is 1.54. The highest BCUT2D eigenvalue weighted by Gasteiger charge is 2.35. The highest BCUT2D eigenvalue weighted by atomic mass is 35.5. The number of hydrogen-bond donors (Lipinski definition) is 0. The number of halogens is 1. The summed E-state index contributed by atoms with van der Waals surface area (Å²) in [6, 6.07) is 19.0. The van der Waals surface area contributed by atoms with Gasteiger partial charge in [-0.05, 0) is 61.0 Å². The van der Waals surface area contributed by atoms with Crippen molar-refractivity contribution in [2.24, 2.45) is 4.99 Å². The first-order valence-electron chi connectivity index (χ1n) is 10.1. The van der Waals surface area contributed by atoms with E-state index in [-0.39, 0.29) is 5.91 Å². The molecule has 32 heavy (non-hydrogen) atoms. The van der Waals surface area contributed by atoms with Crippen molar-refractivity contribution in [2.75, 3.05) is 11.5 Å². The third-order valence-electron chi connectivity index (χ3n) is 5.01. The second-order valence-electron chi connectivity index (χ2n) is 7.05. The van der Waals surface area contributed by atoms with E-state index in [0.29, 0.717) is 28.8 Å². The Labute approximate surface area is 194 Å². The molecule has 2 aromatic carbocycles. The van der Waals surface area contributed by atoms with Crippen molar-refractivity contribution in [3.8, 4) is 5.75 Å². The second kappa shape index (κ2) is 8.57. The van der Waals surface area contributed by atoms with Gasteiger partial charge in [-0.2, -0.15) is 0 Å². The van der Waals surface area contributed by atoms with Gasteiger partial charge in [0.2, 0.25) is 0 Å². The quantitative estimate of drug-likeness (QED) is 0.335. The van der Waals surface area contributed by atoms with E-state index in [1.807, 2.05) is 67.6 Å². The van der Waals surface area contributed by atoms with Crippen molar-refractivity contribution in [2.45, 2.75) is 6.92 Å². The molecule has 0 saturated carbocycles. The first-order chi connectivity index (χ1) is 15.7. The highest BCUT2D eigenvalue weighted by molar-refractivity contribution is 7.21. The molecular formula is C25H18ClN3O2S. The van der Waals surface area contributed by atoms with Crippen molar-refractivity contribution in [1.82, 2.24) is 4.98 Å². The van der Waals surface area contributed by atoms with E-state index in [1.54, 1.807) is 23.4 Å². The maximum atomic E-state index is 13.5. The zero-order chi connectivity index (χ0) is 22.1. The molecule has 2 aromatic heterocycles. The van der Waals surface area contributed by atoms with Gasteiger partial charge in [-0.25, -0.2) is 4.99 Å². The van der Waals surface area contributed by atoms with E-state index in [2.05, 4.69) is 4.98 Å². The number of aromatic nitrogens is 1. The number of thiophene rings is 1. The molecule has 0 atom stereocenters. The smallest absolute Gasteiger partial charge is 0.282 e. The van der Waals surface area contributed by atoms with Crippen molar-refractivity contribution in [1.29, 1.82) is 0 Å². The average Bonchev–Trinajstić information content (AvgIpc) is 3.32. The molecule has 0 spiro atoms. The zero-order valence-electron chi connectivity index (χ0n) is 17.2. The predicted octanol–water partition coefficient (Wildman–Crippen LogP) is 6.18. The summed E-state index contributed by atoms with van der Waals surface area (Å²) >= 11 is 8.28. The number of carbonyl (C=O) groups is 1. The maximum Gasteiger partial charge on any atom is 0.282 e. The molecule has 0 N–H and O–H groups in total. The number of pyridine rings is 1. The van der Waals surface area contributed by atoms with Gasteiger partial charge in [-0.15, -0.1) is 11.3 Å². The van der Waals surface area contributed by atoms with E-state index in [0.717, 1.165) is 26.3 Å². The lowest BCUT2D eigenvalue weighted by molar-refractivity contribution is -0.113. The molecule has 7 heteroatoms. The monoisotopic (exact) mass is 459 g/mol. The number of benzene rings is 2. The topological polar surface area (TPSA) is 54.8 Å². The average molecular weight is 460 g/mol. The number of aliphatic imine (C=N–C) groups is 1. The van der Waals surface area contributed by atoms with Crippen LogP contribution in [-0.4, -0.2) is 23.3 Å². The Kier molecular flexibility index (Phi) is 5.47. The molecule has 1 aliphatic heterocycles. The number of rotatable bonds is 5. The number of fused-ring (bicyclic) bond motifs is 1. The molecule has 4 aromatic rings. The van der Waals surface area contributed by atoms with Crippen LogP contribution in [-0.2, 0) is 4.79 Å². The number of amidine groups is 1. The van der Waals surface area contributed by atoms with Crippen LogP contribution in [0.15, 0.2) is 83.7 Å². The predicted molar refractivity (Wildman–Crippen MR) is 131 cm³/mol. The van der Waals surface area contributed by atoms with E-state index in [1.165, 1.54) is 11.3 Å². The van der Waals surface area contributed by atoms with Gasteiger partial charge in [0.05, 0.1) is 22.2 Å². The van der Waals surface area contributed by atoms with Crippen LogP contribution in [0.4, 0.5) is 5.69 Å². The largest absolute Gasteiger partial charge is 0.494 e. The summed E-state index contributed by atoms with van der Waals surface area (Å²) in [5.41, 5.74) is 1.89. The van der Waals surface area contributed by atoms with Gasteiger partial charge in [-0.3, -0.25) is 14.7 Å². The van der Waals surface area contributed by atoms with Crippen LogP contribution in [0.2, 0.25) is 5.02 Å². The third-order valence-corrected chi connectivity index (χ3v) is 6.69. The Morgan fingerprint density at radius 2 is 1.81 bits per heavy atom. The van der Waals surface area contributed by atoms with Gasteiger partial charge in [0.15, 0.2) is 5.84 Å². The van der Waals surface area contributed by atoms with Crippen LogP contribution in [0.5, 0.6) is 5.75 Å². The van der Waals surface area contributed by atoms with Crippen LogP contribution in [0, 0.1) is 0 Å². The normalized spacial score (nSPS) is 14.9. The van der Waals surface area contributed by atoms with Crippen molar-refractivity contribution in [3.63, 3.8) is 0 Å². The van der Waals surface area contributed by atoms with Gasteiger partial charge >= 0.3 is 0 Å². The van der Waals surface area contributed by atoms with Crippen LogP contribution in [0.3, 0.4) is 0 Å². The summed E-state index contributed by atoms with van der Waals surface area (Å²) in [4.78, 5) is 24.6. The molecule has 5 nitrogen and oxygen atoms in total. The lowest BCUT2D eigenvalue weighted by Crippen LogP contribution is -2.32. The van der Waals surface area contributed by atoms with Crippen LogP contribution >= 0.6 is 22.9 Å². The first-order valence-corrected chi connectivity index (χ1v) is 11.3. The summed E-state index contributed by atoms with van der Waals surface area (Å²) in [6.07, 6.45) is 5.13. The summed E-state index contributed by atoms with van der Waals surface area (Å²) < 4.78 is 6.59.